The molecule has 0 aliphatic carbocycles. The number of piperazine rings is 1. The van der Waals surface area contributed by atoms with E-state index in [2.05, 4.69) is 30.0 Å². The molecule has 2 aromatic rings. The summed E-state index contributed by atoms with van der Waals surface area (Å²) in [7, 11) is 0. The number of hydrogen-bond acceptors (Lipinski definition) is 3. The number of para-hydroxylation sites is 2. The summed E-state index contributed by atoms with van der Waals surface area (Å²) in [6.45, 7) is 11.9. The highest BCUT2D eigenvalue weighted by Crippen LogP contribution is 2.29. The van der Waals surface area contributed by atoms with Crippen LogP contribution in [0.1, 0.15) is 34.0 Å². The van der Waals surface area contributed by atoms with E-state index in [0.717, 1.165) is 54.3 Å². The van der Waals surface area contributed by atoms with Crippen LogP contribution in [0.25, 0.3) is 0 Å². The number of ether oxygens (including phenoxy) is 1. The predicted molar refractivity (Wildman–Crippen MR) is 106 cm³/mol. The monoisotopic (exact) mass is 352 g/mol. The van der Waals surface area contributed by atoms with Crippen molar-refractivity contribution >= 4 is 11.6 Å². The second-order valence-electron chi connectivity index (χ2n) is 6.95. The van der Waals surface area contributed by atoms with Crippen LogP contribution in [-0.2, 0) is 0 Å². The van der Waals surface area contributed by atoms with Crippen molar-refractivity contribution in [1.29, 1.82) is 0 Å². The Morgan fingerprint density at radius 2 is 1.62 bits per heavy atom. The molecule has 26 heavy (non-hydrogen) atoms. The molecule has 1 fully saturated rings. The van der Waals surface area contributed by atoms with E-state index < -0.39 is 0 Å². The van der Waals surface area contributed by atoms with Gasteiger partial charge in [-0.15, -0.1) is 0 Å². The molecule has 0 N–H and O–H groups in total. The first-order valence-electron chi connectivity index (χ1n) is 9.35. The summed E-state index contributed by atoms with van der Waals surface area (Å²) in [6.07, 6.45) is 0. The number of carbonyl (C=O) groups is 1. The van der Waals surface area contributed by atoms with E-state index in [9.17, 15) is 4.79 Å². The largest absolute Gasteiger partial charge is 0.492 e. The average molecular weight is 352 g/mol. The van der Waals surface area contributed by atoms with E-state index in [0.29, 0.717) is 6.61 Å². The summed E-state index contributed by atoms with van der Waals surface area (Å²) in [4.78, 5) is 17.3. The molecular weight excluding hydrogens is 324 g/mol. The number of aryl methyl sites for hydroxylation is 3. The second-order valence-corrected chi connectivity index (χ2v) is 6.95. The Morgan fingerprint density at radius 1 is 1.00 bits per heavy atom. The van der Waals surface area contributed by atoms with Gasteiger partial charge in [-0.25, -0.2) is 0 Å². The summed E-state index contributed by atoms with van der Waals surface area (Å²) in [5.74, 6) is 1.07. The lowest BCUT2D eigenvalue weighted by atomic mass is 9.98. The second kappa shape index (κ2) is 7.81. The third kappa shape index (κ3) is 3.69. The van der Waals surface area contributed by atoms with Gasteiger partial charge in [0.05, 0.1) is 12.3 Å². The first-order valence-corrected chi connectivity index (χ1v) is 9.35. The van der Waals surface area contributed by atoms with Gasteiger partial charge in [0.25, 0.3) is 5.91 Å². The zero-order valence-corrected chi connectivity index (χ0v) is 16.2. The molecule has 1 saturated heterocycles. The molecule has 0 radical (unpaired) electrons. The molecule has 0 spiro atoms. The van der Waals surface area contributed by atoms with Crippen LogP contribution in [0.4, 0.5) is 5.69 Å². The van der Waals surface area contributed by atoms with Crippen LogP contribution < -0.4 is 9.64 Å². The molecule has 138 valence electrons. The van der Waals surface area contributed by atoms with Crippen LogP contribution in [0.3, 0.4) is 0 Å². The van der Waals surface area contributed by atoms with Gasteiger partial charge in [-0.3, -0.25) is 4.79 Å². The van der Waals surface area contributed by atoms with E-state index in [1.54, 1.807) is 0 Å². The number of rotatable bonds is 4. The molecule has 4 heteroatoms. The highest BCUT2D eigenvalue weighted by Gasteiger charge is 2.25. The minimum absolute atomic E-state index is 0.151. The lowest BCUT2D eigenvalue weighted by Crippen LogP contribution is -2.49. The Balaban J connectivity index is 1.72. The van der Waals surface area contributed by atoms with Crippen molar-refractivity contribution < 1.29 is 9.53 Å². The first-order chi connectivity index (χ1) is 12.5. The maximum absolute atomic E-state index is 13.0. The topological polar surface area (TPSA) is 32.8 Å². The van der Waals surface area contributed by atoms with E-state index in [-0.39, 0.29) is 5.91 Å². The van der Waals surface area contributed by atoms with Gasteiger partial charge in [0, 0.05) is 31.7 Å². The summed E-state index contributed by atoms with van der Waals surface area (Å²) < 4.78 is 5.75. The van der Waals surface area contributed by atoms with Gasteiger partial charge >= 0.3 is 0 Å². The lowest BCUT2D eigenvalue weighted by Gasteiger charge is -2.37. The third-order valence-corrected chi connectivity index (χ3v) is 4.96. The molecule has 1 aliphatic heterocycles. The normalized spacial score (nSPS) is 14.5. The first kappa shape index (κ1) is 18.3. The fourth-order valence-electron chi connectivity index (χ4n) is 3.82. The lowest BCUT2D eigenvalue weighted by molar-refractivity contribution is 0.0745. The maximum Gasteiger partial charge on any atom is 0.254 e. The minimum atomic E-state index is 0.151. The van der Waals surface area contributed by atoms with Gasteiger partial charge < -0.3 is 14.5 Å². The van der Waals surface area contributed by atoms with Crippen molar-refractivity contribution in [2.24, 2.45) is 0 Å². The molecule has 0 aromatic heterocycles. The van der Waals surface area contributed by atoms with Gasteiger partial charge in [0.15, 0.2) is 0 Å². The summed E-state index contributed by atoms with van der Waals surface area (Å²) >= 11 is 0. The van der Waals surface area contributed by atoms with Crippen LogP contribution >= 0.6 is 0 Å². The van der Waals surface area contributed by atoms with Gasteiger partial charge in [0.1, 0.15) is 5.75 Å². The van der Waals surface area contributed by atoms with Crippen LogP contribution in [0, 0.1) is 20.8 Å². The summed E-state index contributed by atoms with van der Waals surface area (Å²) in [5, 5.41) is 0. The molecule has 0 unspecified atom stereocenters. The van der Waals surface area contributed by atoms with Crippen molar-refractivity contribution in [1.82, 2.24) is 4.90 Å². The zero-order valence-electron chi connectivity index (χ0n) is 16.2. The maximum atomic E-state index is 13.0. The van der Waals surface area contributed by atoms with Gasteiger partial charge in [-0.1, -0.05) is 29.8 Å². The molecular formula is C22H28N2O2. The molecule has 0 atom stereocenters. The zero-order chi connectivity index (χ0) is 18.7. The smallest absolute Gasteiger partial charge is 0.254 e. The molecule has 0 bridgehead atoms. The molecule has 4 nitrogen and oxygen atoms in total. The summed E-state index contributed by atoms with van der Waals surface area (Å²) in [6, 6.07) is 12.3. The number of carbonyl (C=O) groups excluding carboxylic acids is 1. The number of nitrogens with zero attached hydrogens (tertiary/aromatic N) is 2. The number of anilines is 1. The van der Waals surface area contributed by atoms with E-state index >= 15 is 0 Å². The van der Waals surface area contributed by atoms with Crippen LogP contribution in [0.2, 0.25) is 0 Å². The number of benzene rings is 2. The molecule has 0 saturated carbocycles. The summed E-state index contributed by atoms with van der Waals surface area (Å²) in [5.41, 5.74) is 5.31. The Bertz CT molecular complexity index is 769. The van der Waals surface area contributed by atoms with Gasteiger partial charge in [0.2, 0.25) is 0 Å². The quantitative estimate of drug-likeness (QED) is 0.835. The Morgan fingerprint density at radius 3 is 2.23 bits per heavy atom. The molecule has 1 aliphatic rings. The SMILES string of the molecule is CCOc1ccccc1N1CCN(C(=O)c2c(C)cc(C)cc2C)CC1. The van der Waals surface area contributed by atoms with Crippen molar-refractivity contribution in [2.45, 2.75) is 27.7 Å². The fourth-order valence-corrected chi connectivity index (χ4v) is 3.82. The molecule has 3 rings (SSSR count). The average Bonchev–Trinajstić information content (AvgIpc) is 2.62. The third-order valence-electron chi connectivity index (χ3n) is 4.96. The standard InChI is InChI=1S/C22H28N2O2/c1-5-26-20-9-7-6-8-19(20)23-10-12-24(13-11-23)22(25)21-17(3)14-16(2)15-18(21)4/h6-9,14-15H,5,10-13H2,1-4H3. The fraction of sp³-hybridized carbons (Fsp3) is 0.409. The van der Waals surface area contributed by atoms with Crippen LogP contribution in [0.5, 0.6) is 5.75 Å². The van der Waals surface area contributed by atoms with Crippen LogP contribution in [0.15, 0.2) is 36.4 Å². The van der Waals surface area contributed by atoms with Gasteiger partial charge in [-0.2, -0.15) is 0 Å². The van der Waals surface area contributed by atoms with E-state index in [1.807, 2.05) is 43.9 Å². The Labute approximate surface area is 156 Å². The van der Waals surface area contributed by atoms with Gasteiger partial charge in [-0.05, 0) is 51.0 Å². The Hall–Kier alpha value is -2.49. The van der Waals surface area contributed by atoms with E-state index in [1.165, 1.54) is 5.56 Å². The number of amides is 1. The minimum Gasteiger partial charge on any atom is -0.492 e. The Kier molecular flexibility index (Phi) is 5.50. The van der Waals surface area contributed by atoms with Crippen LogP contribution in [-0.4, -0.2) is 43.6 Å². The molecule has 1 amide bonds. The van der Waals surface area contributed by atoms with Crippen molar-refractivity contribution in [2.75, 3.05) is 37.7 Å². The van der Waals surface area contributed by atoms with E-state index in [4.69, 9.17) is 4.74 Å². The van der Waals surface area contributed by atoms with Crippen molar-refractivity contribution in [3.8, 4) is 5.75 Å². The van der Waals surface area contributed by atoms with Crippen molar-refractivity contribution in [3.63, 3.8) is 0 Å². The molecule has 2 aromatic carbocycles. The highest BCUT2D eigenvalue weighted by atomic mass is 16.5. The number of hydrogen-bond donors (Lipinski definition) is 0. The highest BCUT2D eigenvalue weighted by molar-refractivity contribution is 5.97. The van der Waals surface area contributed by atoms with Crippen molar-refractivity contribution in [3.05, 3.63) is 58.7 Å². The predicted octanol–water partition coefficient (Wildman–Crippen LogP) is 3.97. The molecule has 1 heterocycles.